The van der Waals surface area contributed by atoms with Crippen molar-refractivity contribution in [2.45, 2.75) is 13.5 Å². The summed E-state index contributed by atoms with van der Waals surface area (Å²) in [5.41, 5.74) is 4.22. The van der Waals surface area contributed by atoms with Crippen LogP contribution in [-0.4, -0.2) is 15.3 Å². The van der Waals surface area contributed by atoms with Gasteiger partial charge >= 0.3 is 0 Å². The zero-order chi connectivity index (χ0) is 18.6. The van der Waals surface area contributed by atoms with Crippen molar-refractivity contribution >= 4 is 17.2 Å². The van der Waals surface area contributed by atoms with Gasteiger partial charge in [0.1, 0.15) is 18.0 Å². The molecular formula is C22H19N3O2. The van der Waals surface area contributed by atoms with Gasteiger partial charge in [0.15, 0.2) is 0 Å². The fourth-order valence-corrected chi connectivity index (χ4v) is 2.90. The normalized spacial score (nSPS) is 10.7. The molecule has 0 atom stereocenters. The molecule has 0 radical (unpaired) electrons. The fourth-order valence-electron chi connectivity index (χ4n) is 2.90. The Kier molecular flexibility index (Phi) is 4.58. The number of carbonyl (C=O) groups is 1. The molecule has 2 heterocycles. The Morgan fingerprint density at radius 2 is 1.81 bits per heavy atom. The van der Waals surface area contributed by atoms with Crippen LogP contribution in [0.3, 0.4) is 0 Å². The molecule has 134 valence electrons. The number of aryl methyl sites for hydroxylation is 1. The van der Waals surface area contributed by atoms with E-state index in [9.17, 15) is 4.79 Å². The molecule has 0 unspecified atom stereocenters. The van der Waals surface area contributed by atoms with Gasteiger partial charge < -0.3 is 14.5 Å². The summed E-state index contributed by atoms with van der Waals surface area (Å²) in [5.74, 6) is 0.568. The Hall–Kier alpha value is -3.60. The Morgan fingerprint density at radius 1 is 1.04 bits per heavy atom. The molecular weight excluding hydrogens is 338 g/mol. The number of rotatable bonds is 5. The highest BCUT2D eigenvalue weighted by molar-refractivity contribution is 6.04. The second-order valence-electron chi connectivity index (χ2n) is 6.24. The minimum absolute atomic E-state index is 0.160. The van der Waals surface area contributed by atoms with Gasteiger partial charge in [-0.1, -0.05) is 30.3 Å². The Bertz CT molecular complexity index is 1070. The third kappa shape index (κ3) is 3.67. The number of fused-ring (bicyclic) bond motifs is 1. The van der Waals surface area contributed by atoms with Gasteiger partial charge in [0.05, 0.1) is 5.69 Å². The molecule has 5 nitrogen and oxygen atoms in total. The average molecular weight is 357 g/mol. The van der Waals surface area contributed by atoms with Crippen LogP contribution in [0.4, 0.5) is 5.69 Å². The van der Waals surface area contributed by atoms with Gasteiger partial charge in [0, 0.05) is 23.7 Å². The molecule has 0 fully saturated rings. The van der Waals surface area contributed by atoms with Crippen LogP contribution >= 0.6 is 0 Å². The van der Waals surface area contributed by atoms with E-state index in [1.165, 1.54) is 0 Å². The summed E-state index contributed by atoms with van der Waals surface area (Å²) >= 11 is 0. The van der Waals surface area contributed by atoms with Crippen molar-refractivity contribution in [1.82, 2.24) is 9.38 Å². The van der Waals surface area contributed by atoms with E-state index < -0.39 is 0 Å². The third-order valence-corrected chi connectivity index (χ3v) is 4.43. The average Bonchev–Trinajstić information content (AvgIpc) is 3.19. The van der Waals surface area contributed by atoms with Gasteiger partial charge in [-0.15, -0.1) is 0 Å². The molecule has 0 saturated heterocycles. The largest absolute Gasteiger partial charge is 0.489 e. The van der Waals surface area contributed by atoms with Crippen LogP contribution in [0.25, 0.3) is 5.65 Å². The van der Waals surface area contributed by atoms with Gasteiger partial charge in [-0.25, -0.2) is 4.98 Å². The number of anilines is 1. The lowest BCUT2D eigenvalue weighted by molar-refractivity contribution is 0.102. The van der Waals surface area contributed by atoms with Gasteiger partial charge in [-0.05, 0) is 48.9 Å². The Balaban J connectivity index is 1.43. The minimum Gasteiger partial charge on any atom is -0.489 e. The van der Waals surface area contributed by atoms with Crippen molar-refractivity contribution in [3.8, 4) is 5.75 Å². The lowest BCUT2D eigenvalue weighted by Gasteiger charge is -2.11. The third-order valence-electron chi connectivity index (χ3n) is 4.43. The molecule has 1 N–H and O–H groups in total. The van der Waals surface area contributed by atoms with E-state index in [1.54, 1.807) is 18.3 Å². The molecule has 0 aliphatic carbocycles. The van der Waals surface area contributed by atoms with Crippen molar-refractivity contribution in [2.75, 3.05) is 5.32 Å². The van der Waals surface area contributed by atoms with Gasteiger partial charge in [-0.2, -0.15) is 0 Å². The highest BCUT2D eigenvalue weighted by Crippen LogP contribution is 2.19. The first kappa shape index (κ1) is 16.8. The van der Waals surface area contributed by atoms with Crippen molar-refractivity contribution in [3.05, 3.63) is 95.9 Å². The number of nitrogens with zero attached hydrogens (tertiary/aromatic N) is 2. The van der Waals surface area contributed by atoms with Crippen LogP contribution in [0.1, 0.15) is 21.6 Å². The lowest BCUT2D eigenvalue weighted by Crippen LogP contribution is -2.13. The van der Waals surface area contributed by atoms with E-state index in [0.29, 0.717) is 12.2 Å². The number of hydrogen-bond donors (Lipinski definition) is 1. The number of imidazole rings is 1. The maximum absolute atomic E-state index is 12.6. The molecule has 5 heteroatoms. The second kappa shape index (κ2) is 7.33. The molecule has 27 heavy (non-hydrogen) atoms. The first-order chi connectivity index (χ1) is 13.2. The van der Waals surface area contributed by atoms with Crippen LogP contribution in [-0.2, 0) is 6.61 Å². The summed E-state index contributed by atoms with van der Waals surface area (Å²) in [6.45, 7) is 2.45. The Labute approximate surface area is 157 Å². The lowest BCUT2D eigenvalue weighted by atomic mass is 10.2. The number of hydrogen-bond acceptors (Lipinski definition) is 3. The van der Waals surface area contributed by atoms with Crippen LogP contribution in [0.15, 0.2) is 79.1 Å². The Morgan fingerprint density at radius 3 is 2.59 bits per heavy atom. The summed E-state index contributed by atoms with van der Waals surface area (Å²) in [6, 6.07) is 20.9. The molecule has 2 aromatic carbocycles. The summed E-state index contributed by atoms with van der Waals surface area (Å²) in [6.07, 6.45) is 3.61. The summed E-state index contributed by atoms with van der Waals surface area (Å²) in [7, 11) is 0. The molecule has 0 aliphatic rings. The van der Waals surface area contributed by atoms with E-state index in [4.69, 9.17) is 4.74 Å². The number of pyridine rings is 1. The SMILES string of the molecule is Cc1c(NC(=O)c2ccc(OCc3ccccc3)cc2)ccc2nccn12. The molecule has 0 saturated carbocycles. The predicted octanol–water partition coefficient (Wildman–Crippen LogP) is 4.47. The summed E-state index contributed by atoms with van der Waals surface area (Å²) in [4.78, 5) is 16.8. The maximum Gasteiger partial charge on any atom is 0.255 e. The van der Waals surface area contributed by atoms with E-state index >= 15 is 0 Å². The zero-order valence-corrected chi connectivity index (χ0v) is 14.9. The van der Waals surface area contributed by atoms with Crippen molar-refractivity contribution in [2.24, 2.45) is 0 Å². The van der Waals surface area contributed by atoms with Crippen LogP contribution < -0.4 is 10.1 Å². The number of amides is 1. The van der Waals surface area contributed by atoms with E-state index in [1.807, 2.05) is 72.1 Å². The van der Waals surface area contributed by atoms with Crippen molar-refractivity contribution in [3.63, 3.8) is 0 Å². The minimum atomic E-state index is -0.160. The van der Waals surface area contributed by atoms with Gasteiger partial charge in [0.2, 0.25) is 0 Å². The predicted molar refractivity (Wildman–Crippen MR) is 105 cm³/mol. The van der Waals surface area contributed by atoms with Crippen LogP contribution in [0, 0.1) is 6.92 Å². The number of aromatic nitrogens is 2. The molecule has 1 amide bonds. The number of nitrogens with one attached hydrogen (secondary N) is 1. The molecule has 4 rings (SSSR count). The highest BCUT2D eigenvalue weighted by atomic mass is 16.5. The van der Waals surface area contributed by atoms with E-state index in [0.717, 1.165) is 28.3 Å². The van der Waals surface area contributed by atoms with Gasteiger partial charge in [0.25, 0.3) is 5.91 Å². The fraction of sp³-hybridized carbons (Fsp3) is 0.0909. The quantitative estimate of drug-likeness (QED) is 0.573. The monoisotopic (exact) mass is 357 g/mol. The molecule has 4 aromatic rings. The van der Waals surface area contributed by atoms with E-state index in [-0.39, 0.29) is 5.91 Å². The van der Waals surface area contributed by atoms with Crippen LogP contribution in [0.2, 0.25) is 0 Å². The van der Waals surface area contributed by atoms with Gasteiger partial charge in [-0.3, -0.25) is 4.79 Å². The smallest absolute Gasteiger partial charge is 0.255 e. The van der Waals surface area contributed by atoms with Crippen molar-refractivity contribution in [1.29, 1.82) is 0 Å². The second-order valence-corrected chi connectivity index (χ2v) is 6.24. The number of carbonyl (C=O) groups excluding carboxylic acids is 1. The molecule has 0 spiro atoms. The maximum atomic E-state index is 12.6. The standard InChI is InChI=1S/C22H19N3O2/c1-16-20(11-12-21-23-13-14-25(16)21)24-22(26)18-7-9-19(10-8-18)27-15-17-5-3-2-4-6-17/h2-14H,15H2,1H3,(H,24,26). The van der Waals surface area contributed by atoms with Crippen LogP contribution in [0.5, 0.6) is 5.75 Å². The summed E-state index contributed by atoms with van der Waals surface area (Å²) < 4.78 is 7.70. The molecule has 0 aliphatic heterocycles. The first-order valence-corrected chi connectivity index (χ1v) is 8.71. The number of ether oxygens (including phenoxy) is 1. The number of benzene rings is 2. The summed E-state index contributed by atoms with van der Waals surface area (Å²) in [5, 5.41) is 2.96. The highest BCUT2D eigenvalue weighted by Gasteiger charge is 2.10. The van der Waals surface area contributed by atoms with Crippen molar-refractivity contribution < 1.29 is 9.53 Å². The van der Waals surface area contributed by atoms with E-state index in [2.05, 4.69) is 10.3 Å². The first-order valence-electron chi connectivity index (χ1n) is 8.71. The molecule has 2 aromatic heterocycles. The topological polar surface area (TPSA) is 55.6 Å². The molecule has 0 bridgehead atoms. The zero-order valence-electron chi connectivity index (χ0n) is 14.9.